The Morgan fingerprint density at radius 1 is 0.966 bits per heavy atom. The molecule has 154 valence electrons. The minimum atomic E-state index is -3.48. The number of carbonyl (C=O) groups is 1. The number of benzene rings is 1. The second-order valence-corrected chi connectivity index (χ2v) is 9.03. The van der Waals surface area contributed by atoms with Gasteiger partial charge in [-0.05, 0) is 49.2 Å². The molecule has 0 spiro atoms. The summed E-state index contributed by atoms with van der Waals surface area (Å²) in [6, 6.07) is 9.72. The second kappa shape index (κ2) is 8.48. The highest BCUT2D eigenvalue weighted by atomic mass is 32.2. The first-order chi connectivity index (χ1) is 14.0. The van der Waals surface area contributed by atoms with Crippen LogP contribution in [0.2, 0.25) is 0 Å². The van der Waals surface area contributed by atoms with Crippen LogP contribution in [0.1, 0.15) is 23.2 Å². The summed E-state index contributed by atoms with van der Waals surface area (Å²) in [6.07, 6.45) is 3.39. The number of nitrogens with one attached hydrogen (secondary N) is 1. The van der Waals surface area contributed by atoms with Crippen molar-refractivity contribution in [2.45, 2.75) is 17.7 Å². The molecule has 2 fully saturated rings. The summed E-state index contributed by atoms with van der Waals surface area (Å²) in [6.45, 7) is 4.07. The van der Waals surface area contributed by atoms with Crippen LogP contribution in [0.4, 0.5) is 11.5 Å². The number of anilines is 2. The lowest BCUT2D eigenvalue weighted by Gasteiger charge is -2.27. The SMILES string of the molecule is O=C(Nc1ccc(N2CCOCC2)nc1)c1ccc(S(=O)(=O)N2CCCC2)cc1. The lowest BCUT2D eigenvalue weighted by atomic mass is 10.2. The van der Waals surface area contributed by atoms with E-state index in [1.165, 1.54) is 28.6 Å². The highest BCUT2D eigenvalue weighted by molar-refractivity contribution is 7.89. The third-order valence-corrected chi connectivity index (χ3v) is 7.07. The fourth-order valence-corrected chi connectivity index (χ4v) is 5.02. The van der Waals surface area contributed by atoms with Crippen LogP contribution < -0.4 is 10.2 Å². The number of rotatable bonds is 5. The van der Waals surface area contributed by atoms with Crippen LogP contribution >= 0.6 is 0 Å². The molecule has 0 atom stereocenters. The van der Waals surface area contributed by atoms with Gasteiger partial charge < -0.3 is 15.0 Å². The Morgan fingerprint density at radius 3 is 2.28 bits per heavy atom. The van der Waals surface area contributed by atoms with E-state index in [9.17, 15) is 13.2 Å². The quantitative estimate of drug-likeness (QED) is 0.801. The van der Waals surface area contributed by atoms with Crippen molar-refractivity contribution >= 4 is 27.4 Å². The number of pyridine rings is 1. The van der Waals surface area contributed by atoms with Crippen LogP contribution in [-0.2, 0) is 14.8 Å². The van der Waals surface area contributed by atoms with Gasteiger partial charge in [-0.1, -0.05) is 0 Å². The first kappa shape index (κ1) is 19.8. The van der Waals surface area contributed by atoms with E-state index in [1.807, 2.05) is 12.1 Å². The van der Waals surface area contributed by atoms with Gasteiger partial charge in [0.1, 0.15) is 5.82 Å². The summed E-state index contributed by atoms with van der Waals surface area (Å²) in [5, 5.41) is 2.80. The van der Waals surface area contributed by atoms with Gasteiger partial charge in [0.2, 0.25) is 10.0 Å². The maximum Gasteiger partial charge on any atom is 0.255 e. The summed E-state index contributed by atoms with van der Waals surface area (Å²) in [7, 11) is -3.48. The van der Waals surface area contributed by atoms with E-state index < -0.39 is 10.0 Å². The number of carbonyl (C=O) groups excluding carboxylic acids is 1. The molecule has 9 heteroatoms. The maximum absolute atomic E-state index is 12.6. The van der Waals surface area contributed by atoms with Crippen LogP contribution in [-0.4, -0.2) is 63.0 Å². The standard InChI is InChI=1S/C20H24N4O4S/c25-20(22-17-5-8-19(21-15-17)23-11-13-28-14-12-23)16-3-6-18(7-4-16)29(26,27)24-9-1-2-10-24/h3-8,15H,1-2,9-14H2,(H,22,25). The van der Waals surface area contributed by atoms with Gasteiger partial charge in [-0.3, -0.25) is 4.79 Å². The summed E-state index contributed by atoms with van der Waals surface area (Å²) < 4.78 is 32.0. The molecule has 1 aromatic heterocycles. The van der Waals surface area contributed by atoms with E-state index in [0.29, 0.717) is 37.6 Å². The molecule has 3 heterocycles. The average Bonchev–Trinajstić information content (AvgIpc) is 3.31. The van der Waals surface area contributed by atoms with Crippen molar-refractivity contribution in [2.75, 3.05) is 49.6 Å². The normalized spacial score (nSPS) is 18.0. The molecular formula is C20H24N4O4S. The van der Waals surface area contributed by atoms with Crippen LogP contribution in [0.3, 0.4) is 0 Å². The Morgan fingerprint density at radius 2 is 1.66 bits per heavy atom. The van der Waals surface area contributed by atoms with Crippen molar-refractivity contribution in [1.29, 1.82) is 0 Å². The molecule has 0 bridgehead atoms. The first-order valence-corrected chi connectivity index (χ1v) is 11.2. The molecule has 2 aliphatic heterocycles. The fourth-order valence-electron chi connectivity index (χ4n) is 3.50. The molecule has 1 amide bonds. The Bertz CT molecular complexity index is 949. The van der Waals surface area contributed by atoms with Crippen molar-refractivity contribution in [3.8, 4) is 0 Å². The van der Waals surface area contributed by atoms with Crippen molar-refractivity contribution in [3.63, 3.8) is 0 Å². The number of aromatic nitrogens is 1. The molecule has 0 radical (unpaired) electrons. The third kappa shape index (κ3) is 4.42. The Hall–Kier alpha value is -2.49. The van der Waals surface area contributed by atoms with Gasteiger partial charge in [-0.25, -0.2) is 13.4 Å². The smallest absolute Gasteiger partial charge is 0.255 e. The number of ether oxygens (including phenoxy) is 1. The van der Waals surface area contributed by atoms with Gasteiger partial charge >= 0.3 is 0 Å². The Labute approximate surface area is 170 Å². The number of hydrogen-bond donors (Lipinski definition) is 1. The number of sulfonamides is 1. The number of amides is 1. The van der Waals surface area contributed by atoms with Gasteiger partial charge in [0.05, 0.1) is 30.0 Å². The molecule has 8 nitrogen and oxygen atoms in total. The van der Waals surface area contributed by atoms with Gasteiger partial charge in [0, 0.05) is 31.7 Å². The summed E-state index contributed by atoms with van der Waals surface area (Å²) in [4.78, 5) is 19.3. The number of nitrogens with zero attached hydrogens (tertiary/aromatic N) is 3. The summed E-state index contributed by atoms with van der Waals surface area (Å²) >= 11 is 0. The molecule has 29 heavy (non-hydrogen) atoms. The van der Waals surface area contributed by atoms with Gasteiger partial charge in [-0.2, -0.15) is 4.31 Å². The van der Waals surface area contributed by atoms with Gasteiger partial charge in [-0.15, -0.1) is 0 Å². The topological polar surface area (TPSA) is 91.8 Å². The molecule has 0 unspecified atom stereocenters. The average molecular weight is 417 g/mol. The van der Waals surface area contributed by atoms with Crippen LogP contribution in [0, 0.1) is 0 Å². The van der Waals surface area contributed by atoms with E-state index >= 15 is 0 Å². The Kier molecular flexibility index (Phi) is 5.79. The second-order valence-electron chi connectivity index (χ2n) is 7.09. The van der Waals surface area contributed by atoms with E-state index in [0.717, 1.165) is 31.7 Å². The van der Waals surface area contributed by atoms with Crippen molar-refractivity contribution < 1.29 is 17.9 Å². The summed E-state index contributed by atoms with van der Waals surface area (Å²) in [5.74, 6) is 0.541. The molecule has 1 N–H and O–H groups in total. The van der Waals surface area contributed by atoms with Gasteiger partial charge in [0.25, 0.3) is 5.91 Å². The predicted octanol–water partition coefficient (Wildman–Crippen LogP) is 1.95. The monoisotopic (exact) mass is 416 g/mol. The third-order valence-electron chi connectivity index (χ3n) is 5.16. The molecule has 0 aliphatic carbocycles. The van der Waals surface area contributed by atoms with E-state index in [2.05, 4.69) is 15.2 Å². The van der Waals surface area contributed by atoms with E-state index in [4.69, 9.17) is 4.74 Å². The van der Waals surface area contributed by atoms with Crippen LogP contribution in [0.25, 0.3) is 0 Å². The van der Waals surface area contributed by atoms with Crippen LogP contribution in [0.15, 0.2) is 47.5 Å². The molecule has 2 saturated heterocycles. The van der Waals surface area contributed by atoms with Crippen molar-refractivity contribution in [3.05, 3.63) is 48.2 Å². The minimum Gasteiger partial charge on any atom is -0.378 e. The zero-order chi connectivity index (χ0) is 20.3. The predicted molar refractivity (Wildman–Crippen MR) is 110 cm³/mol. The zero-order valence-corrected chi connectivity index (χ0v) is 16.9. The molecule has 2 aliphatic rings. The highest BCUT2D eigenvalue weighted by Gasteiger charge is 2.27. The molecular weight excluding hydrogens is 392 g/mol. The molecule has 0 saturated carbocycles. The zero-order valence-electron chi connectivity index (χ0n) is 16.1. The van der Waals surface area contributed by atoms with Crippen molar-refractivity contribution in [1.82, 2.24) is 9.29 Å². The van der Waals surface area contributed by atoms with Crippen LogP contribution in [0.5, 0.6) is 0 Å². The molecule has 4 rings (SSSR count). The highest BCUT2D eigenvalue weighted by Crippen LogP contribution is 2.21. The number of hydrogen-bond acceptors (Lipinski definition) is 6. The lowest BCUT2D eigenvalue weighted by Crippen LogP contribution is -2.36. The molecule has 2 aromatic rings. The summed E-state index contributed by atoms with van der Waals surface area (Å²) in [5.41, 5.74) is 0.975. The van der Waals surface area contributed by atoms with Crippen molar-refractivity contribution in [2.24, 2.45) is 0 Å². The Balaban J connectivity index is 1.40. The largest absolute Gasteiger partial charge is 0.378 e. The first-order valence-electron chi connectivity index (χ1n) is 9.74. The lowest BCUT2D eigenvalue weighted by molar-refractivity contribution is 0.102. The van der Waals surface area contributed by atoms with E-state index in [1.54, 1.807) is 6.20 Å². The molecule has 1 aromatic carbocycles. The minimum absolute atomic E-state index is 0.215. The number of morpholine rings is 1. The van der Waals surface area contributed by atoms with E-state index in [-0.39, 0.29) is 10.8 Å². The fraction of sp³-hybridized carbons (Fsp3) is 0.400. The van der Waals surface area contributed by atoms with Gasteiger partial charge in [0.15, 0.2) is 0 Å². The maximum atomic E-state index is 12.6.